The van der Waals surface area contributed by atoms with Gasteiger partial charge in [0.1, 0.15) is 11.9 Å². The van der Waals surface area contributed by atoms with Gasteiger partial charge in [-0.15, -0.1) is 0 Å². The molecule has 4 unspecified atom stereocenters. The van der Waals surface area contributed by atoms with Gasteiger partial charge in [0.05, 0.1) is 6.10 Å². The Morgan fingerprint density at radius 3 is 2.29 bits per heavy atom. The fourth-order valence-electron chi connectivity index (χ4n) is 3.33. The molecule has 0 spiro atoms. The maximum atomic E-state index is 10.3. The van der Waals surface area contributed by atoms with Crippen molar-refractivity contribution in [1.29, 1.82) is 0 Å². The van der Waals surface area contributed by atoms with Gasteiger partial charge >= 0.3 is 0 Å². The van der Waals surface area contributed by atoms with Crippen molar-refractivity contribution in [2.45, 2.75) is 71.5 Å². The van der Waals surface area contributed by atoms with Gasteiger partial charge in [0.2, 0.25) is 0 Å². The molecule has 0 aliphatic heterocycles. The third-order valence-electron chi connectivity index (χ3n) is 5.15. The number of hydrogen-bond donors (Lipinski definition) is 1. The van der Waals surface area contributed by atoms with Crippen molar-refractivity contribution in [2.75, 3.05) is 0 Å². The number of aliphatic hydroxyl groups is 1. The van der Waals surface area contributed by atoms with Crippen LogP contribution in [0, 0.1) is 11.8 Å². The van der Waals surface area contributed by atoms with Crippen LogP contribution in [0.3, 0.4) is 0 Å². The largest absolute Gasteiger partial charge is 0.487 e. The molecule has 0 radical (unpaired) electrons. The smallest absolute Gasteiger partial charge is 0.127 e. The van der Waals surface area contributed by atoms with Crippen molar-refractivity contribution in [3.05, 3.63) is 29.8 Å². The summed E-state index contributed by atoms with van der Waals surface area (Å²) >= 11 is 0. The van der Waals surface area contributed by atoms with Gasteiger partial charge in [-0.25, -0.2) is 0 Å². The topological polar surface area (TPSA) is 29.5 Å². The molecule has 1 aliphatic carbocycles. The van der Waals surface area contributed by atoms with Gasteiger partial charge < -0.3 is 9.84 Å². The van der Waals surface area contributed by atoms with Crippen LogP contribution in [-0.2, 0) is 5.41 Å². The third-order valence-corrected chi connectivity index (χ3v) is 5.15. The van der Waals surface area contributed by atoms with Crippen LogP contribution in [0.25, 0.3) is 0 Å². The first kappa shape index (κ1) is 16.4. The van der Waals surface area contributed by atoms with Crippen LogP contribution >= 0.6 is 0 Å². The first-order valence-corrected chi connectivity index (χ1v) is 8.28. The number of aliphatic hydroxyl groups excluding tert-OH is 1. The fraction of sp³-hybridized carbons (Fsp3) is 0.684. The van der Waals surface area contributed by atoms with Crippen LogP contribution in [0.4, 0.5) is 0 Å². The van der Waals surface area contributed by atoms with E-state index in [2.05, 4.69) is 46.8 Å². The van der Waals surface area contributed by atoms with E-state index < -0.39 is 0 Å². The fourth-order valence-corrected chi connectivity index (χ4v) is 3.33. The average Bonchev–Trinajstić information content (AvgIpc) is 2.43. The van der Waals surface area contributed by atoms with Crippen molar-refractivity contribution in [3.8, 4) is 5.75 Å². The monoisotopic (exact) mass is 290 g/mol. The molecule has 0 amide bonds. The van der Waals surface area contributed by atoms with Gasteiger partial charge in [0.25, 0.3) is 0 Å². The lowest BCUT2D eigenvalue weighted by Gasteiger charge is -2.36. The molecule has 118 valence electrons. The van der Waals surface area contributed by atoms with E-state index >= 15 is 0 Å². The summed E-state index contributed by atoms with van der Waals surface area (Å²) in [5.41, 5.74) is 1.54. The lowest BCUT2D eigenvalue weighted by atomic mass is 9.79. The van der Waals surface area contributed by atoms with Gasteiger partial charge in [0, 0.05) is 0 Å². The minimum absolute atomic E-state index is 0.0776. The molecule has 2 rings (SSSR count). The van der Waals surface area contributed by atoms with E-state index in [1.165, 1.54) is 5.56 Å². The second-order valence-electron chi connectivity index (χ2n) is 7.47. The summed E-state index contributed by atoms with van der Waals surface area (Å²) in [7, 11) is 0. The van der Waals surface area contributed by atoms with Crippen LogP contribution in [0.5, 0.6) is 5.75 Å². The highest BCUT2D eigenvalue weighted by molar-refractivity contribution is 5.31. The SMILES string of the molecule is CCC(C)(C)c1ccc(OC2C(C)CC(C)CC2O)cc1. The van der Waals surface area contributed by atoms with Crippen LogP contribution < -0.4 is 4.74 Å². The predicted molar refractivity (Wildman–Crippen MR) is 87.7 cm³/mol. The Bertz CT molecular complexity index is 437. The Balaban J connectivity index is 2.06. The van der Waals surface area contributed by atoms with Crippen molar-refractivity contribution >= 4 is 0 Å². The second-order valence-corrected chi connectivity index (χ2v) is 7.47. The Hall–Kier alpha value is -1.02. The standard InChI is InChI=1S/C19H30O2/c1-6-19(4,5)15-7-9-16(10-8-15)21-18-14(3)11-13(2)12-17(18)20/h7-10,13-14,17-18,20H,6,11-12H2,1-5H3. The molecule has 0 aromatic heterocycles. The zero-order valence-electron chi connectivity index (χ0n) is 14.1. The number of benzene rings is 1. The highest BCUT2D eigenvalue weighted by Crippen LogP contribution is 2.33. The molecule has 2 nitrogen and oxygen atoms in total. The molecule has 0 heterocycles. The van der Waals surface area contributed by atoms with Crippen LogP contribution in [0.2, 0.25) is 0 Å². The van der Waals surface area contributed by atoms with Gasteiger partial charge in [-0.2, -0.15) is 0 Å². The molecule has 4 atom stereocenters. The molecule has 1 aliphatic rings. The van der Waals surface area contributed by atoms with Gasteiger partial charge in [-0.3, -0.25) is 0 Å². The van der Waals surface area contributed by atoms with E-state index in [1.54, 1.807) is 0 Å². The summed E-state index contributed by atoms with van der Waals surface area (Å²) in [5.74, 6) is 1.86. The van der Waals surface area contributed by atoms with Crippen molar-refractivity contribution in [3.63, 3.8) is 0 Å². The molecule has 1 N–H and O–H groups in total. The maximum Gasteiger partial charge on any atom is 0.127 e. The second kappa shape index (κ2) is 6.39. The first-order valence-electron chi connectivity index (χ1n) is 8.28. The molecule has 1 aromatic rings. The summed E-state index contributed by atoms with van der Waals surface area (Å²) in [6.07, 6.45) is 2.66. The third kappa shape index (κ3) is 3.79. The minimum atomic E-state index is -0.351. The van der Waals surface area contributed by atoms with Gasteiger partial charge in [0.15, 0.2) is 0 Å². The van der Waals surface area contributed by atoms with E-state index in [-0.39, 0.29) is 17.6 Å². The molecular formula is C19H30O2. The normalized spacial score (nSPS) is 30.2. The lowest BCUT2D eigenvalue weighted by molar-refractivity contribution is -0.0388. The van der Waals surface area contributed by atoms with Crippen molar-refractivity contribution in [2.24, 2.45) is 11.8 Å². The molecular weight excluding hydrogens is 260 g/mol. The molecule has 2 heteroatoms. The Labute approximate surface area is 129 Å². The zero-order chi connectivity index (χ0) is 15.6. The molecule has 21 heavy (non-hydrogen) atoms. The van der Waals surface area contributed by atoms with E-state index in [1.807, 2.05) is 12.1 Å². The highest BCUT2D eigenvalue weighted by Gasteiger charge is 2.34. The van der Waals surface area contributed by atoms with Crippen LogP contribution in [-0.4, -0.2) is 17.3 Å². The number of ether oxygens (including phenoxy) is 1. The Morgan fingerprint density at radius 2 is 1.76 bits per heavy atom. The summed E-state index contributed by atoms with van der Waals surface area (Å²) in [6.45, 7) is 11.1. The summed E-state index contributed by atoms with van der Waals surface area (Å²) in [4.78, 5) is 0. The van der Waals surface area contributed by atoms with Gasteiger partial charge in [-0.05, 0) is 54.2 Å². The first-order chi connectivity index (χ1) is 9.83. The molecule has 1 fully saturated rings. The maximum absolute atomic E-state index is 10.3. The summed E-state index contributed by atoms with van der Waals surface area (Å²) < 4.78 is 6.08. The Morgan fingerprint density at radius 1 is 1.14 bits per heavy atom. The van der Waals surface area contributed by atoms with Gasteiger partial charge in [-0.1, -0.05) is 46.8 Å². The number of rotatable bonds is 4. The molecule has 0 saturated heterocycles. The van der Waals surface area contributed by atoms with Crippen molar-refractivity contribution < 1.29 is 9.84 Å². The molecule has 1 aromatic carbocycles. The van der Waals surface area contributed by atoms with Crippen LogP contribution in [0.1, 0.15) is 59.4 Å². The molecule has 0 bridgehead atoms. The molecule has 1 saturated carbocycles. The van der Waals surface area contributed by atoms with E-state index in [4.69, 9.17) is 4.74 Å². The average molecular weight is 290 g/mol. The quantitative estimate of drug-likeness (QED) is 0.881. The highest BCUT2D eigenvalue weighted by atomic mass is 16.5. The minimum Gasteiger partial charge on any atom is -0.487 e. The lowest BCUT2D eigenvalue weighted by Crippen LogP contribution is -2.43. The zero-order valence-corrected chi connectivity index (χ0v) is 14.1. The Kier molecular flexibility index (Phi) is 4.98. The summed E-state index contributed by atoms with van der Waals surface area (Å²) in [5, 5.41) is 10.3. The van der Waals surface area contributed by atoms with Crippen LogP contribution in [0.15, 0.2) is 24.3 Å². The van der Waals surface area contributed by atoms with E-state index in [9.17, 15) is 5.11 Å². The predicted octanol–water partition coefficient (Wildman–Crippen LogP) is 4.55. The van der Waals surface area contributed by atoms with E-state index in [0.717, 1.165) is 25.0 Å². The number of hydrogen-bond acceptors (Lipinski definition) is 2. The van der Waals surface area contributed by atoms with E-state index in [0.29, 0.717) is 11.8 Å². The summed E-state index contributed by atoms with van der Waals surface area (Å²) in [6, 6.07) is 8.40. The van der Waals surface area contributed by atoms with Crippen molar-refractivity contribution in [1.82, 2.24) is 0 Å².